The predicted molar refractivity (Wildman–Crippen MR) is 102 cm³/mol. The Morgan fingerprint density at radius 1 is 1.19 bits per heavy atom. The van der Waals surface area contributed by atoms with Gasteiger partial charge in [0.15, 0.2) is 0 Å². The number of methoxy groups -OCH3 is 1. The number of furan rings is 1. The first-order valence-electron chi connectivity index (χ1n) is 8.87. The normalized spacial score (nSPS) is 13.4. The maximum atomic E-state index is 12.4. The molecule has 27 heavy (non-hydrogen) atoms. The molecule has 4 rings (SSSR count). The van der Waals surface area contributed by atoms with Gasteiger partial charge in [-0.3, -0.25) is 9.59 Å². The van der Waals surface area contributed by atoms with Crippen LogP contribution in [0.15, 0.2) is 53.1 Å². The molecular weight excluding hydrogens is 344 g/mol. The second-order valence-electron chi connectivity index (χ2n) is 6.68. The van der Waals surface area contributed by atoms with Gasteiger partial charge in [-0.15, -0.1) is 0 Å². The molecule has 2 aromatic carbocycles. The average Bonchev–Trinajstić information content (AvgIpc) is 3.41. The van der Waals surface area contributed by atoms with Crippen molar-refractivity contribution >= 4 is 28.5 Å². The van der Waals surface area contributed by atoms with Crippen molar-refractivity contribution in [3.05, 3.63) is 59.9 Å². The van der Waals surface area contributed by atoms with Crippen LogP contribution in [0.25, 0.3) is 11.0 Å². The van der Waals surface area contributed by atoms with Gasteiger partial charge in [0, 0.05) is 34.3 Å². The fourth-order valence-electron chi connectivity index (χ4n) is 2.94. The summed E-state index contributed by atoms with van der Waals surface area (Å²) >= 11 is 0. The largest absolute Gasteiger partial charge is 0.497 e. The van der Waals surface area contributed by atoms with Crippen LogP contribution in [-0.4, -0.2) is 25.0 Å². The Hall–Kier alpha value is -3.28. The summed E-state index contributed by atoms with van der Waals surface area (Å²) in [7, 11) is 1.59. The van der Waals surface area contributed by atoms with Crippen molar-refractivity contribution in [3.8, 4) is 5.75 Å². The standard InChI is InChI=1S/C21H20N2O4/c1-26-17-7-8-18-14(12-27-19(18)11-17)10-20(24)22-16-4-2-3-13(9-16)21(25)23-15-5-6-15/h2-4,7-9,11-12,15H,5-6,10H2,1H3,(H,22,24)(H,23,25). The quantitative estimate of drug-likeness (QED) is 0.701. The van der Waals surface area contributed by atoms with E-state index in [2.05, 4.69) is 10.6 Å². The van der Waals surface area contributed by atoms with Crippen LogP contribution in [0.1, 0.15) is 28.8 Å². The molecule has 1 saturated carbocycles. The zero-order valence-corrected chi connectivity index (χ0v) is 15.0. The summed E-state index contributed by atoms with van der Waals surface area (Å²) in [6, 6.07) is 12.8. The first-order chi connectivity index (χ1) is 13.1. The molecule has 2 N–H and O–H groups in total. The number of nitrogens with one attached hydrogen (secondary N) is 2. The molecule has 1 fully saturated rings. The van der Waals surface area contributed by atoms with E-state index in [0.29, 0.717) is 28.6 Å². The number of carbonyl (C=O) groups is 2. The van der Waals surface area contributed by atoms with Crippen LogP contribution in [0, 0.1) is 0 Å². The van der Waals surface area contributed by atoms with Gasteiger partial charge in [-0.1, -0.05) is 6.07 Å². The number of rotatable bonds is 6. The van der Waals surface area contributed by atoms with Crippen molar-refractivity contribution in [3.63, 3.8) is 0 Å². The molecule has 6 nitrogen and oxygen atoms in total. The molecule has 138 valence electrons. The molecule has 0 unspecified atom stereocenters. The smallest absolute Gasteiger partial charge is 0.251 e. The van der Waals surface area contributed by atoms with Gasteiger partial charge in [0.25, 0.3) is 5.91 Å². The minimum atomic E-state index is -0.173. The van der Waals surface area contributed by atoms with Gasteiger partial charge in [0.05, 0.1) is 19.8 Å². The molecular formula is C21H20N2O4. The van der Waals surface area contributed by atoms with Crippen molar-refractivity contribution in [1.29, 1.82) is 0 Å². The van der Waals surface area contributed by atoms with E-state index in [1.807, 2.05) is 12.1 Å². The molecule has 1 heterocycles. The molecule has 2 amide bonds. The van der Waals surface area contributed by atoms with Crippen LogP contribution in [0.4, 0.5) is 5.69 Å². The van der Waals surface area contributed by atoms with Crippen molar-refractivity contribution in [2.45, 2.75) is 25.3 Å². The number of hydrogen-bond acceptors (Lipinski definition) is 4. The average molecular weight is 364 g/mol. The molecule has 1 aromatic heterocycles. The van der Waals surface area contributed by atoms with E-state index in [9.17, 15) is 9.59 Å². The van der Waals surface area contributed by atoms with Crippen LogP contribution in [0.2, 0.25) is 0 Å². The number of ether oxygens (including phenoxy) is 1. The lowest BCUT2D eigenvalue weighted by Crippen LogP contribution is -2.25. The Balaban J connectivity index is 1.44. The summed E-state index contributed by atoms with van der Waals surface area (Å²) in [6.45, 7) is 0. The van der Waals surface area contributed by atoms with Gasteiger partial charge in [-0.25, -0.2) is 0 Å². The lowest BCUT2D eigenvalue weighted by Gasteiger charge is -2.08. The van der Waals surface area contributed by atoms with Gasteiger partial charge in [-0.2, -0.15) is 0 Å². The van der Waals surface area contributed by atoms with E-state index in [1.54, 1.807) is 43.7 Å². The first kappa shape index (κ1) is 17.1. The maximum absolute atomic E-state index is 12.4. The van der Waals surface area contributed by atoms with Crippen molar-refractivity contribution in [1.82, 2.24) is 5.32 Å². The maximum Gasteiger partial charge on any atom is 0.251 e. The van der Waals surface area contributed by atoms with E-state index in [0.717, 1.165) is 23.8 Å². The number of benzene rings is 2. The van der Waals surface area contributed by atoms with Crippen LogP contribution in [-0.2, 0) is 11.2 Å². The molecule has 0 aliphatic heterocycles. The Kier molecular flexibility index (Phi) is 4.54. The molecule has 0 bridgehead atoms. The highest BCUT2D eigenvalue weighted by Gasteiger charge is 2.23. The fourth-order valence-corrected chi connectivity index (χ4v) is 2.94. The minimum absolute atomic E-state index is 0.108. The number of carbonyl (C=O) groups excluding carboxylic acids is 2. The summed E-state index contributed by atoms with van der Waals surface area (Å²) in [5.41, 5.74) is 2.61. The summed E-state index contributed by atoms with van der Waals surface area (Å²) in [4.78, 5) is 24.6. The molecule has 6 heteroatoms. The molecule has 1 aliphatic rings. The van der Waals surface area contributed by atoms with Crippen molar-refractivity contribution < 1.29 is 18.7 Å². The number of amides is 2. The summed E-state index contributed by atoms with van der Waals surface area (Å²) in [5.74, 6) is 0.422. The van der Waals surface area contributed by atoms with Crippen molar-refractivity contribution in [2.24, 2.45) is 0 Å². The Bertz CT molecular complexity index is 1000. The number of fused-ring (bicyclic) bond motifs is 1. The summed E-state index contributed by atoms with van der Waals surface area (Å²) in [5, 5.41) is 6.67. The van der Waals surface area contributed by atoms with Gasteiger partial charge in [0.2, 0.25) is 5.91 Å². The molecule has 1 aliphatic carbocycles. The van der Waals surface area contributed by atoms with Gasteiger partial charge in [-0.05, 0) is 43.2 Å². The van der Waals surface area contributed by atoms with Crippen molar-refractivity contribution in [2.75, 3.05) is 12.4 Å². The minimum Gasteiger partial charge on any atom is -0.497 e. The summed E-state index contributed by atoms with van der Waals surface area (Å²) in [6.07, 6.45) is 3.83. The third-order valence-electron chi connectivity index (χ3n) is 4.53. The van der Waals surface area contributed by atoms with Gasteiger partial charge < -0.3 is 19.8 Å². The Labute approximate surface area is 156 Å². The summed E-state index contributed by atoms with van der Waals surface area (Å²) < 4.78 is 10.7. The molecule has 0 radical (unpaired) electrons. The third-order valence-corrected chi connectivity index (χ3v) is 4.53. The number of anilines is 1. The van der Waals surface area contributed by atoms with E-state index in [4.69, 9.17) is 9.15 Å². The number of hydrogen-bond donors (Lipinski definition) is 2. The monoisotopic (exact) mass is 364 g/mol. The van der Waals surface area contributed by atoms with Crippen LogP contribution in [0.3, 0.4) is 0 Å². The van der Waals surface area contributed by atoms with E-state index >= 15 is 0 Å². The SMILES string of the molecule is COc1ccc2c(CC(=O)Nc3cccc(C(=O)NC4CC4)c3)coc2c1. The highest BCUT2D eigenvalue weighted by molar-refractivity contribution is 5.98. The molecule has 3 aromatic rings. The zero-order chi connectivity index (χ0) is 18.8. The van der Waals surface area contributed by atoms with Gasteiger partial charge >= 0.3 is 0 Å². The lowest BCUT2D eigenvalue weighted by molar-refractivity contribution is -0.115. The predicted octanol–water partition coefficient (Wildman–Crippen LogP) is 3.51. The van der Waals surface area contributed by atoms with E-state index in [-0.39, 0.29) is 18.2 Å². The first-order valence-corrected chi connectivity index (χ1v) is 8.87. The van der Waals surface area contributed by atoms with Crippen LogP contribution in [0.5, 0.6) is 5.75 Å². The van der Waals surface area contributed by atoms with Crippen LogP contribution < -0.4 is 15.4 Å². The van der Waals surface area contributed by atoms with Gasteiger partial charge in [0.1, 0.15) is 11.3 Å². The topological polar surface area (TPSA) is 80.6 Å². The van der Waals surface area contributed by atoms with E-state index in [1.165, 1.54) is 0 Å². The molecule has 0 atom stereocenters. The highest BCUT2D eigenvalue weighted by atomic mass is 16.5. The second-order valence-corrected chi connectivity index (χ2v) is 6.68. The Morgan fingerprint density at radius 2 is 2.04 bits per heavy atom. The molecule has 0 spiro atoms. The fraction of sp³-hybridized carbons (Fsp3) is 0.238. The van der Waals surface area contributed by atoms with Crippen LogP contribution >= 0.6 is 0 Å². The zero-order valence-electron chi connectivity index (χ0n) is 15.0. The third kappa shape index (κ3) is 3.95. The van der Waals surface area contributed by atoms with E-state index < -0.39 is 0 Å². The highest BCUT2D eigenvalue weighted by Crippen LogP contribution is 2.26. The second kappa shape index (κ2) is 7.15. The molecule has 0 saturated heterocycles. The lowest BCUT2D eigenvalue weighted by atomic mass is 10.1. The Morgan fingerprint density at radius 3 is 2.81 bits per heavy atom.